The standard InChI is InChI=1S/C21H29N7O2/c1-20(2,3)14-13-15(28(26-14)19-22-11-8-12-23-19)24-16(29)9-7-10-17-25-18(27-30-17)21(4,5)6/h8,11-13H,7,9-10H2,1-6H3,(H,24,29). The number of anilines is 1. The Morgan fingerprint density at radius 2 is 1.80 bits per heavy atom. The van der Waals surface area contributed by atoms with E-state index in [1.807, 2.05) is 26.8 Å². The summed E-state index contributed by atoms with van der Waals surface area (Å²) in [6, 6.07) is 3.60. The molecular weight excluding hydrogens is 382 g/mol. The Hall–Kier alpha value is -3.10. The quantitative estimate of drug-likeness (QED) is 0.659. The van der Waals surface area contributed by atoms with Gasteiger partial charge >= 0.3 is 0 Å². The maximum absolute atomic E-state index is 12.5. The van der Waals surface area contributed by atoms with Crippen molar-refractivity contribution in [2.45, 2.75) is 71.6 Å². The van der Waals surface area contributed by atoms with Crippen LogP contribution in [0.15, 0.2) is 29.0 Å². The molecule has 0 saturated heterocycles. The van der Waals surface area contributed by atoms with Gasteiger partial charge in [-0.15, -0.1) is 0 Å². The van der Waals surface area contributed by atoms with Crippen molar-refractivity contribution in [3.63, 3.8) is 0 Å². The number of aryl methyl sites for hydroxylation is 1. The minimum absolute atomic E-state index is 0.122. The van der Waals surface area contributed by atoms with E-state index in [2.05, 4.69) is 51.3 Å². The van der Waals surface area contributed by atoms with Crippen LogP contribution in [-0.4, -0.2) is 35.8 Å². The molecule has 0 radical (unpaired) electrons. The van der Waals surface area contributed by atoms with Crippen LogP contribution in [0.5, 0.6) is 0 Å². The molecule has 0 aliphatic carbocycles. The van der Waals surface area contributed by atoms with Crippen LogP contribution in [0.4, 0.5) is 5.82 Å². The molecule has 0 unspecified atom stereocenters. The molecule has 9 nitrogen and oxygen atoms in total. The average molecular weight is 412 g/mol. The van der Waals surface area contributed by atoms with Crippen molar-refractivity contribution in [3.8, 4) is 5.95 Å². The summed E-state index contributed by atoms with van der Waals surface area (Å²) >= 11 is 0. The Balaban J connectivity index is 1.66. The number of rotatable bonds is 6. The van der Waals surface area contributed by atoms with Crippen molar-refractivity contribution in [1.82, 2.24) is 29.9 Å². The molecule has 0 saturated carbocycles. The monoisotopic (exact) mass is 411 g/mol. The number of amides is 1. The number of aromatic nitrogens is 6. The first-order valence-corrected chi connectivity index (χ1v) is 10.0. The van der Waals surface area contributed by atoms with E-state index in [4.69, 9.17) is 4.52 Å². The van der Waals surface area contributed by atoms with Gasteiger partial charge in [-0.1, -0.05) is 46.7 Å². The fraction of sp³-hybridized carbons (Fsp3) is 0.524. The van der Waals surface area contributed by atoms with Gasteiger partial charge in [0.05, 0.1) is 5.69 Å². The van der Waals surface area contributed by atoms with Crippen LogP contribution >= 0.6 is 0 Å². The van der Waals surface area contributed by atoms with Crippen molar-refractivity contribution in [1.29, 1.82) is 0 Å². The normalized spacial score (nSPS) is 12.2. The smallest absolute Gasteiger partial charge is 0.252 e. The molecular formula is C21H29N7O2. The molecule has 0 fully saturated rings. The number of hydrogen-bond donors (Lipinski definition) is 1. The van der Waals surface area contributed by atoms with Gasteiger partial charge < -0.3 is 9.84 Å². The molecule has 0 aliphatic rings. The SMILES string of the molecule is CC(C)(C)c1cc(NC(=O)CCCc2nc(C(C)(C)C)no2)n(-c2ncccn2)n1. The average Bonchev–Trinajstić information content (AvgIpc) is 3.29. The van der Waals surface area contributed by atoms with E-state index in [9.17, 15) is 4.79 Å². The molecule has 1 N–H and O–H groups in total. The summed E-state index contributed by atoms with van der Waals surface area (Å²) in [6.07, 6.45) is 4.74. The lowest BCUT2D eigenvalue weighted by Crippen LogP contribution is -2.16. The number of carbonyl (C=O) groups excluding carboxylic acids is 1. The number of hydrogen-bond acceptors (Lipinski definition) is 7. The van der Waals surface area contributed by atoms with Gasteiger partial charge in [0.15, 0.2) is 5.82 Å². The minimum Gasteiger partial charge on any atom is -0.339 e. The van der Waals surface area contributed by atoms with Crippen LogP contribution in [0.25, 0.3) is 5.95 Å². The summed E-state index contributed by atoms with van der Waals surface area (Å²) < 4.78 is 6.85. The lowest BCUT2D eigenvalue weighted by atomic mass is 9.92. The number of carbonyl (C=O) groups is 1. The largest absolute Gasteiger partial charge is 0.339 e. The predicted octanol–water partition coefficient (Wildman–Crippen LogP) is 3.60. The molecule has 0 spiro atoms. The topological polar surface area (TPSA) is 112 Å². The maximum atomic E-state index is 12.5. The molecule has 3 aromatic heterocycles. The highest BCUT2D eigenvalue weighted by Gasteiger charge is 2.23. The summed E-state index contributed by atoms with van der Waals surface area (Å²) in [5, 5.41) is 11.5. The van der Waals surface area contributed by atoms with Crippen molar-refractivity contribution in [2.75, 3.05) is 5.32 Å². The fourth-order valence-corrected chi connectivity index (χ4v) is 2.66. The van der Waals surface area contributed by atoms with Crippen molar-refractivity contribution < 1.29 is 9.32 Å². The summed E-state index contributed by atoms with van der Waals surface area (Å²) in [6.45, 7) is 12.3. The van der Waals surface area contributed by atoms with Gasteiger partial charge in [-0.2, -0.15) is 14.8 Å². The second-order valence-corrected chi connectivity index (χ2v) is 9.29. The summed E-state index contributed by atoms with van der Waals surface area (Å²) in [7, 11) is 0. The molecule has 3 aromatic rings. The van der Waals surface area contributed by atoms with Gasteiger partial charge in [-0.25, -0.2) is 9.97 Å². The molecule has 30 heavy (non-hydrogen) atoms. The Bertz CT molecular complexity index is 995. The van der Waals surface area contributed by atoms with Gasteiger partial charge in [0.25, 0.3) is 5.95 Å². The van der Waals surface area contributed by atoms with Gasteiger partial charge in [0.1, 0.15) is 5.82 Å². The van der Waals surface area contributed by atoms with Crippen molar-refractivity contribution in [2.24, 2.45) is 0 Å². The summed E-state index contributed by atoms with van der Waals surface area (Å²) in [5.41, 5.74) is 0.495. The molecule has 0 aliphatic heterocycles. The lowest BCUT2D eigenvalue weighted by molar-refractivity contribution is -0.116. The van der Waals surface area contributed by atoms with E-state index in [0.29, 0.717) is 42.7 Å². The highest BCUT2D eigenvalue weighted by atomic mass is 16.5. The second-order valence-electron chi connectivity index (χ2n) is 9.29. The van der Waals surface area contributed by atoms with Crippen molar-refractivity contribution in [3.05, 3.63) is 41.9 Å². The lowest BCUT2D eigenvalue weighted by Gasteiger charge is -2.13. The third kappa shape index (κ3) is 5.28. The first-order chi connectivity index (χ1) is 14.0. The molecule has 160 valence electrons. The highest BCUT2D eigenvalue weighted by Crippen LogP contribution is 2.25. The molecule has 9 heteroatoms. The van der Waals surface area contributed by atoms with Crippen LogP contribution in [0.2, 0.25) is 0 Å². The Morgan fingerprint density at radius 3 is 2.40 bits per heavy atom. The van der Waals surface area contributed by atoms with Crippen LogP contribution in [0.1, 0.15) is 71.8 Å². The highest BCUT2D eigenvalue weighted by molar-refractivity contribution is 5.90. The summed E-state index contributed by atoms with van der Waals surface area (Å²) in [5.74, 6) is 2.05. The van der Waals surface area contributed by atoms with E-state index in [-0.39, 0.29) is 16.7 Å². The number of nitrogens with zero attached hydrogens (tertiary/aromatic N) is 6. The zero-order valence-corrected chi connectivity index (χ0v) is 18.4. The molecule has 3 heterocycles. The first kappa shape index (κ1) is 21.6. The van der Waals surface area contributed by atoms with E-state index >= 15 is 0 Å². The van der Waals surface area contributed by atoms with E-state index in [0.717, 1.165) is 5.69 Å². The Morgan fingerprint density at radius 1 is 1.10 bits per heavy atom. The van der Waals surface area contributed by atoms with E-state index in [1.165, 1.54) is 0 Å². The predicted molar refractivity (Wildman–Crippen MR) is 112 cm³/mol. The second kappa shape index (κ2) is 8.33. The van der Waals surface area contributed by atoms with Crippen LogP contribution < -0.4 is 5.32 Å². The van der Waals surface area contributed by atoms with Gasteiger partial charge in [-0.3, -0.25) is 4.79 Å². The maximum Gasteiger partial charge on any atom is 0.252 e. The van der Waals surface area contributed by atoms with Gasteiger partial charge in [0.2, 0.25) is 11.8 Å². The van der Waals surface area contributed by atoms with Crippen molar-refractivity contribution >= 4 is 11.7 Å². The van der Waals surface area contributed by atoms with E-state index in [1.54, 1.807) is 23.1 Å². The molecule has 0 aromatic carbocycles. The fourth-order valence-electron chi connectivity index (χ4n) is 2.66. The first-order valence-electron chi connectivity index (χ1n) is 10.0. The third-order valence-electron chi connectivity index (χ3n) is 4.42. The zero-order valence-electron chi connectivity index (χ0n) is 18.4. The van der Waals surface area contributed by atoms with Crippen LogP contribution in [0, 0.1) is 0 Å². The van der Waals surface area contributed by atoms with Crippen LogP contribution in [-0.2, 0) is 22.0 Å². The van der Waals surface area contributed by atoms with Gasteiger partial charge in [-0.05, 0) is 12.5 Å². The number of nitrogens with one attached hydrogen (secondary N) is 1. The summed E-state index contributed by atoms with van der Waals surface area (Å²) in [4.78, 5) is 25.4. The molecule has 0 atom stereocenters. The minimum atomic E-state index is -0.178. The molecule has 1 amide bonds. The Kier molecular flexibility index (Phi) is 6.00. The third-order valence-corrected chi connectivity index (χ3v) is 4.42. The van der Waals surface area contributed by atoms with Gasteiger partial charge in [0, 0.05) is 42.1 Å². The Labute approximate surface area is 176 Å². The molecule has 0 bridgehead atoms. The van der Waals surface area contributed by atoms with Crippen LogP contribution in [0.3, 0.4) is 0 Å². The molecule has 3 rings (SSSR count). The van der Waals surface area contributed by atoms with E-state index < -0.39 is 0 Å². The zero-order chi connectivity index (χ0) is 21.9.